The molecule has 5 heteroatoms. The number of nitrogens with zero attached hydrogens (tertiary/aromatic N) is 2. The summed E-state index contributed by atoms with van der Waals surface area (Å²) < 4.78 is 7.64. The maximum atomic E-state index is 5.60. The van der Waals surface area contributed by atoms with E-state index in [1.54, 1.807) is 0 Å². The molecule has 0 bridgehead atoms. The number of pyridine rings is 1. The molecule has 1 aliphatic rings. The molecule has 1 aromatic heterocycles. The van der Waals surface area contributed by atoms with Crippen molar-refractivity contribution >= 4 is 31.9 Å². The molecule has 0 radical (unpaired) electrons. The van der Waals surface area contributed by atoms with Crippen LogP contribution in [0.1, 0.15) is 17.7 Å². The Morgan fingerprint density at radius 2 is 2.04 bits per heavy atom. The van der Waals surface area contributed by atoms with Crippen molar-refractivity contribution in [2.45, 2.75) is 25.4 Å². The van der Waals surface area contributed by atoms with Gasteiger partial charge in [0.2, 0.25) is 0 Å². The minimum absolute atomic E-state index is 0.482. The number of ether oxygens (including phenoxy) is 1. The molecule has 0 unspecified atom stereocenters. The molecule has 122 valence electrons. The van der Waals surface area contributed by atoms with Crippen LogP contribution < -0.4 is 0 Å². The van der Waals surface area contributed by atoms with Crippen LogP contribution in [-0.4, -0.2) is 35.7 Å². The van der Waals surface area contributed by atoms with Crippen LogP contribution >= 0.6 is 31.9 Å². The zero-order valence-corrected chi connectivity index (χ0v) is 16.1. The number of aromatic nitrogens is 1. The highest BCUT2D eigenvalue weighted by atomic mass is 79.9. The molecule has 1 aliphatic heterocycles. The van der Waals surface area contributed by atoms with Gasteiger partial charge in [0.1, 0.15) is 0 Å². The molecule has 3 nitrogen and oxygen atoms in total. The van der Waals surface area contributed by atoms with E-state index in [0.717, 1.165) is 53.8 Å². The summed E-state index contributed by atoms with van der Waals surface area (Å²) in [6.45, 7) is 3.54. The van der Waals surface area contributed by atoms with E-state index in [-0.39, 0.29) is 0 Å². The third-order valence-electron chi connectivity index (χ3n) is 4.19. The zero-order valence-electron chi connectivity index (χ0n) is 12.9. The van der Waals surface area contributed by atoms with E-state index < -0.39 is 0 Å². The Morgan fingerprint density at radius 3 is 2.74 bits per heavy atom. The zero-order chi connectivity index (χ0) is 16.1. The topological polar surface area (TPSA) is 25.4 Å². The molecule has 2 heterocycles. The first-order chi connectivity index (χ1) is 11.2. The Labute approximate surface area is 154 Å². The summed E-state index contributed by atoms with van der Waals surface area (Å²) >= 11 is 7.09. The molecule has 23 heavy (non-hydrogen) atoms. The number of hydrogen-bond donors (Lipinski definition) is 0. The quantitative estimate of drug-likeness (QED) is 0.665. The number of halogens is 2. The molecule has 3 rings (SSSR count). The van der Waals surface area contributed by atoms with Crippen molar-refractivity contribution in [3.63, 3.8) is 0 Å². The number of hydrogen-bond acceptors (Lipinski definition) is 3. The lowest BCUT2D eigenvalue weighted by Gasteiger charge is -2.28. The average Bonchev–Trinajstić information content (AvgIpc) is 3.08. The summed E-state index contributed by atoms with van der Waals surface area (Å²) in [5.74, 6) is 0. The summed E-state index contributed by atoms with van der Waals surface area (Å²) in [4.78, 5) is 7.07. The fourth-order valence-corrected chi connectivity index (χ4v) is 3.98. The first kappa shape index (κ1) is 17.1. The van der Waals surface area contributed by atoms with Crippen molar-refractivity contribution in [1.29, 1.82) is 0 Å². The van der Waals surface area contributed by atoms with Crippen molar-refractivity contribution in [3.05, 3.63) is 62.8 Å². The highest BCUT2D eigenvalue weighted by Gasteiger charge is 2.24. The molecule has 0 amide bonds. The summed E-state index contributed by atoms with van der Waals surface area (Å²) in [6.07, 6.45) is 4.01. The molecular formula is C18H20Br2N2O. The van der Waals surface area contributed by atoms with Gasteiger partial charge in [0.25, 0.3) is 0 Å². The van der Waals surface area contributed by atoms with Crippen LogP contribution in [0.4, 0.5) is 0 Å². The SMILES string of the molecule is Brc1cnc(CN(CCc2ccccc2)[C@H]2CCOC2)c(Br)c1. The van der Waals surface area contributed by atoms with Crippen LogP contribution in [0, 0.1) is 0 Å². The van der Waals surface area contributed by atoms with E-state index in [0.29, 0.717) is 6.04 Å². The predicted molar refractivity (Wildman–Crippen MR) is 99.4 cm³/mol. The van der Waals surface area contributed by atoms with Gasteiger partial charge in [-0.3, -0.25) is 9.88 Å². The van der Waals surface area contributed by atoms with Crippen LogP contribution in [0.5, 0.6) is 0 Å². The lowest BCUT2D eigenvalue weighted by Crippen LogP contribution is -2.37. The van der Waals surface area contributed by atoms with Gasteiger partial charge in [-0.1, -0.05) is 30.3 Å². The highest BCUT2D eigenvalue weighted by molar-refractivity contribution is 9.11. The molecule has 1 saturated heterocycles. The fourth-order valence-electron chi connectivity index (χ4n) is 2.87. The van der Waals surface area contributed by atoms with Gasteiger partial charge in [0.15, 0.2) is 0 Å². The lowest BCUT2D eigenvalue weighted by molar-refractivity contribution is 0.138. The van der Waals surface area contributed by atoms with E-state index in [1.807, 2.05) is 6.20 Å². The number of benzene rings is 1. The van der Waals surface area contributed by atoms with Gasteiger partial charge in [-0.25, -0.2) is 0 Å². The predicted octanol–water partition coefficient (Wildman–Crippen LogP) is 4.44. The van der Waals surface area contributed by atoms with E-state index >= 15 is 0 Å². The van der Waals surface area contributed by atoms with Crippen molar-refractivity contribution in [2.75, 3.05) is 19.8 Å². The Morgan fingerprint density at radius 1 is 1.22 bits per heavy atom. The molecule has 1 atom stereocenters. The maximum Gasteiger partial charge on any atom is 0.0686 e. The van der Waals surface area contributed by atoms with Crippen LogP contribution in [-0.2, 0) is 17.7 Å². The van der Waals surface area contributed by atoms with Gasteiger partial charge in [-0.2, -0.15) is 0 Å². The molecular weight excluding hydrogens is 420 g/mol. The van der Waals surface area contributed by atoms with Gasteiger partial charge in [-0.05, 0) is 56.3 Å². The molecule has 1 fully saturated rings. The van der Waals surface area contributed by atoms with Crippen molar-refractivity contribution < 1.29 is 4.74 Å². The minimum Gasteiger partial charge on any atom is -0.380 e. The second kappa shape index (κ2) is 8.38. The van der Waals surface area contributed by atoms with Crippen molar-refractivity contribution in [3.8, 4) is 0 Å². The first-order valence-electron chi connectivity index (χ1n) is 7.88. The fraction of sp³-hybridized carbons (Fsp3) is 0.389. The molecule has 0 saturated carbocycles. The summed E-state index contributed by atoms with van der Waals surface area (Å²) in [5, 5.41) is 0. The van der Waals surface area contributed by atoms with E-state index in [4.69, 9.17) is 4.74 Å². The lowest BCUT2D eigenvalue weighted by atomic mass is 10.1. The highest BCUT2D eigenvalue weighted by Crippen LogP contribution is 2.23. The van der Waals surface area contributed by atoms with Gasteiger partial charge < -0.3 is 4.74 Å². The van der Waals surface area contributed by atoms with Gasteiger partial charge in [0, 0.05) is 40.9 Å². The van der Waals surface area contributed by atoms with Gasteiger partial charge in [0.05, 0.1) is 12.3 Å². The molecule has 2 aromatic rings. The Hall–Kier alpha value is -0.750. The standard InChI is InChI=1S/C18H20Br2N2O/c19-15-10-17(20)18(21-11-15)12-22(16-7-9-23-13-16)8-6-14-4-2-1-3-5-14/h1-5,10-11,16H,6-9,12-13H2/t16-/m0/s1. The van der Waals surface area contributed by atoms with E-state index in [1.165, 1.54) is 5.56 Å². The van der Waals surface area contributed by atoms with Crippen LogP contribution in [0.15, 0.2) is 51.5 Å². The first-order valence-corrected chi connectivity index (χ1v) is 9.46. The Bertz CT molecular complexity index is 630. The largest absolute Gasteiger partial charge is 0.380 e. The molecule has 1 aromatic carbocycles. The third kappa shape index (κ3) is 4.86. The van der Waals surface area contributed by atoms with Crippen LogP contribution in [0.3, 0.4) is 0 Å². The minimum atomic E-state index is 0.482. The Balaban J connectivity index is 1.70. The van der Waals surface area contributed by atoms with Gasteiger partial charge in [-0.15, -0.1) is 0 Å². The van der Waals surface area contributed by atoms with Crippen molar-refractivity contribution in [2.24, 2.45) is 0 Å². The summed E-state index contributed by atoms with van der Waals surface area (Å²) in [6, 6.07) is 13.2. The molecule has 0 spiro atoms. The average molecular weight is 440 g/mol. The van der Waals surface area contributed by atoms with Gasteiger partial charge >= 0.3 is 0 Å². The summed E-state index contributed by atoms with van der Waals surface area (Å²) in [5.41, 5.74) is 2.45. The van der Waals surface area contributed by atoms with E-state index in [9.17, 15) is 0 Å². The van der Waals surface area contributed by atoms with E-state index in [2.05, 4.69) is 78.1 Å². The Kier molecular flexibility index (Phi) is 6.22. The molecule has 0 N–H and O–H groups in total. The number of rotatable bonds is 6. The second-order valence-corrected chi connectivity index (χ2v) is 7.58. The summed E-state index contributed by atoms with van der Waals surface area (Å²) in [7, 11) is 0. The van der Waals surface area contributed by atoms with Crippen molar-refractivity contribution in [1.82, 2.24) is 9.88 Å². The van der Waals surface area contributed by atoms with Crippen LogP contribution in [0.25, 0.3) is 0 Å². The molecule has 0 aliphatic carbocycles. The normalized spacial score (nSPS) is 17.8. The monoisotopic (exact) mass is 438 g/mol. The van der Waals surface area contributed by atoms with Crippen LogP contribution in [0.2, 0.25) is 0 Å². The smallest absolute Gasteiger partial charge is 0.0686 e. The third-order valence-corrected chi connectivity index (χ3v) is 5.31. The second-order valence-electron chi connectivity index (χ2n) is 5.81. The maximum absolute atomic E-state index is 5.60.